The fourth-order valence-corrected chi connectivity index (χ4v) is 4.53. The van der Waals surface area contributed by atoms with Crippen molar-refractivity contribution < 1.29 is 5.11 Å². The fraction of sp³-hybridized carbons (Fsp3) is 0.333. The van der Waals surface area contributed by atoms with Crippen LogP contribution in [0, 0.1) is 0 Å². The third-order valence-electron chi connectivity index (χ3n) is 5.27. The molecule has 1 aliphatic carbocycles. The summed E-state index contributed by atoms with van der Waals surface area (Å²) in [7, 11) is 0. The zero-order valence-corrected chi connectivity index (χ0v) is 16.7. The number of anilines is 1. The lowest BCUT2D eigenvalue weighted by Gasteiger charge is -2.26. The Bertz CT molecular complexity index is 1100. The molecular weight excluding hydrogens is 384 g/mol. The van der Waals surface area contributed by atoms with Gasteiger partial charge in [0.15, 0.2) is 5.82 Å². The van der Waals surface area contributed by atoms with Gasteiger partial charge in [-0.15, -0.1) is 11.3 Å². The summed E-state index contributed by atoms with van der Waals surface area (Å²) in [5.74, 6) is 2.46. The van der Waals surface area contributed by atoms with Gasteiger partial charge in [-0.3, -0.25) is 0 Å². The van der Waals surface area contributed by atoms with E-state index in [4.69, 9.17) is 9.97 Å². The molecule has 1 aliphatic rings. The Balaban J connectivity index is 1.39. The summed E-state index contributed by atoms with van der Waals surface area (Å²) >= 11 is 1.66. The average Bonchev–Trinajstić information content (AvgIpc) is 3.40. The minimum Gasteiger partial charge on any atom is -0.393 e. The Hall–Kier alpha value is -2.84. The predicted octanol–water partition coefficient (Wildman–Crippen LogP) is 3.58. The molecule has 0 radical (unpaired) electrons. The SMILES string of the molecule is OC1CCC(Nc2nc(Cc3cnn(-c4ccccn4)c3)nc3ccsc23)CC1. The van der Waals surface area contributed by atoms with Gasteiger partial charge < -0.3 is 10.4 Å². The van der Waals surface area contributed by atoms with Crippen LogP contribution in [0.5, 0.6) is 0 Å². The number of rotatable bonds is 5. The van der Waals surface area contributed by atoms with E-state index < -0.39 is 0 Å². The molecule has 7 nitrogen and oxygen atoms in total. The lowest BCUT2D eigenvalue weighted by atomic mass is 9.93. The highest BCUT2D eigenvalue weighted by atomic mass is 32.1. The predicted molar refractivity (Wildman–Crippen MR) is 113 cm³/mol. The van der Waals surface area contributed by atoms with Crippen molar-refractivity contribution in [3.05, 3.63) is 59.6 Å². The maximum Gasteiger partial charge on any atom is 0.153 e. The fourth-order valence-electron chi connectivity index (χ4n) is 3.75. The van der Waals surface area contributed by atoms with E-state index in [1.807, 2.05) is 36.7 Å². The maximum atomic E-state index is 9.76. The first-order valence-electron chi connectivity index (χ1n) is 9.88. The topological polar surface area (TPSA) is 88.8 Å². The number of pyridine rings is 1. The van der Waals surface area contributed by atoms with Gasteiger partial charge in [0.1, 0.15) is 11.6 Å². The molecule has 4 aromatic heterocycles. The summed E-state index contributed by atoms with van der Waals surface area (Å²) in [6.07, 6.45) is 9.63. The highest BCUT2D eigenvalue weighted by Gasteiger charge is 2.21. The van der Waals surface area contributed by atoms with E-state index in [2.05, 4.69) is 20.8 Å². The van der Waals surface area contributed by atoms with Gasteiger partial charge in [-0.05, 0) is 54.8 Å². The average molecular weight is 407 g/mol. The van der Waals surface area contributed by atoms with Crippen LogP contribution < -0.4 is 5.32 Å². The van der Waals surface area contributed by atoms with Gasteiger partial charge in [-0.25, -0.2) is 19.6 Å². The Morgan fingerprint density at radius 1 is 1.14 bits per heavy atom. The molecule has 4 heterocycles. The van der Waals surface area contributed by atoms with Crippen molar-refractivity contribution in [2.45, 2.75) is 44.2 Å². The number of fused-ring (bicyclic) bond motifs is 1. The molecule has 1 fully saturated rings. The Labute approximate surface area is 172 Å². The van der Waals surface area contributed by atoms with E-state index >= 15 is 0 Å². The molecule has 0 spiro atoms. The Morgan fingerprint density at radius 2 is 2.03 bits per heavy atom. The second-order valence-electron chi connectivity index (χ2n) is 7.43. The Kier molecular flexibility index (Phi) is 4.95. The van der Waals surface area contributed by atoms with Gasteiger partial charge in [-0.2, -0.15) is 5.10 Å². The van der Waals surface area contributed by atoms with E-state index in [1.54, 1.807) is 22.2 Å². The monoisotopic (exact) mass is 406 g/mol. The van der Waals surface area contributed by atoms with E-state index in [1.165, 1.54) is 0 Å². The molecule has 4 aromatic rings. The van der Waals surface area contributed by atoms with E-state index in [9.17, 15) is 5.11 Å². The smallest absolute Gasteiger partial charge is 0.153 e. The van der Waals surface area contributed by atoms with Crippen LogP contribution in [0.1, 0.15) is 37.1 Å². The van der Waals surface area contributed by atoms with Crippen LogP contribution in [-0.2, 0) is 6.42 Å². The highest BCUT2D eigenvalue weighted by Crippen LogP contribution is 2.29. The largest absolute Gasteiger partial charge is 0.393 e. The summed E-state index contributed by atoms with van der Waals surface area (Å²) in [4.78, 5) is 13.9. The number of nitrogens with zero attached hydrogens (tertiary/aromatic N) is 5. The van der Waals surface area contributed by atoms with Crippen LogP contribution in [0.15, 0.2) is 48.2 Å². The van der Waals surface area contributed by atoms with Gasteiger partial charge in [0.05, 0.1) is 22.5 Å². The van der Waals surface area contributed by atoms with Crippen LogP contribution >= 0.6 is 11.3 Å². The molecule has 5 rings (SSSR count). The molecule has 1 saturated carbocycles. The first-order chi connectivity index (χ1) is 14.2. The minimum absolute atomic E-state index is 0.161. The van der Waals surface area contributed by atoms with Crippen molar-refractivity contribution in [3.63, 3.8) is 0 Å². The number of hydrogen-bond acceptors (Lipinski definition) is 7. The molecular formula is C21H22N6OS. The summed E-state index contributed by atoms with van der Waals surface area (Å²) in [6, 6.07) is 8.14. The number of nitrogens with one attached hydrogen (secondary N) is 1. The number of hydrogen-bond donors (Lipinski definition) is 2. The lowest BCUT2D eigenvalue weighted by molar-refractivity contribution is 0.126. The van der Waals surface area contributed by atoms with Crippen molar-refractivity contribution in [2.75, 3.05) is 5.32 Å². The van der Waals surface area contributed by atoms with Crippen LogP contribution in [0.2, 0.25) is 0 Å². The quantitative estimate of drug-likeness (QED) is 0.527. The third kappa shape index (κ3) is 3.99. The normalized spacial score (nSPS) is 19.5. The molecule has 148 valence electrons. The zero-order chi connectivity index (χ0) is 19.6. The zero-order valence-electron chi connectivity index (χ0n) is 15.9. The molecule has 29 heavy (non-hydrogen) atoms. The first kappa shape index (κ1) is 18.2. The van der Waals surface area contributed by atoms with Crippen LogP contribution in [0.25, 0.3) is 16.0 Å². The van der Waals surface area contributed by atoms with Crippen molar-refractivity contribution >= 4 is 27.4 Å². The summed E-state index contributed by atoms with van der Waals surface area (Å²) in [5.41, 5.74) is 2.01. The van der Waals surface area contributed by atoms with E-state index in [0.29, 0.717) is 12.5 Å². The second-order valence-corrected chi connectivity index (χ2v) is 8.35. The first-order valence-corrected chi connectivity index (χ1v) is 10.8. The van der Waals surface area contributed by atoms with Crippen molar-refractivity contribution in [1.82, 2.24) is 24.7 Å². The summed E-state index contributed by atoms with van der Waals surface area (Å²) in [5, 5.41) is 19.8. The number of aliphatic hydroxyl groups excluding tert-OH is 1. The number of aromatic nitrogens is 5. The number of thiophene rings is 1. The van der Waals surface area contributed by atoms with E-state index in [-0.39, 0.29) is 6.10 Å². The molecule has 0 aliphatic heterocycles. The summed E-state index contributed by atoms with van der Waals surface area (Å²) < 4.78 is 2.86. The van der Waals surface area contributed by atoms with Crippen molar-refractivity contribution in [3.8, 4) is 5.82 Å². The number of aliphatic hydroxyl groups is 1. The molecule has 0 saturated heterocycles. The van der Waals surface area contributed by atoms with Gasteiger partial charge in [-0.1, -0.05) is 6.07 Å². The molecule has 2 N–H and O–H groups in total. The third-order valence-corrected chi connectivity index (χ3v) is 6.18. The van der Waals surface area contributed by atoms with Crippen molar-refractivity contribution in [2.24, 2.45) is 0 Å². The minimum atomic E-state index is -0.161. The molecule has 0 aromatic carbocycles. The molecule has 0 amide bonds. The summed E-state index contributed by atoms with van der Waals surface area (Å²) in [6.45, 7) is 0. The van der Waals surface area contributed by atoms with Crippen LogP contribution in [-0.4, -0.2) is 42.0 Å². The molecule has 0 bridgehead atoms. The molecule has 8 heteroatoms. The van der Waals surface area contributed by atoms with Gasteiger partial charge >= 0.3 is 0 Å². The molecule has 0 unspecified atom stereocenters. The van der Waals surface area contributed by atoms with Gasteiger partial charge in [0.25, 0.3) is 0 Å². The van der Waals surface area contributed by atoms with Crippen LogP contribution in [0.4, 0.5) is 5.82 Å². The molecule has 0 atom stereocenters. The van der Waals surface area contributed by atoms with E-state index in [0.717, 1.165) is 58.9 Å². The van der Waals surface area contributed by atoms with Crippen LogP contribution in [0.3, 0.4) is 0 Å². The standard InChI is InChI=1S/C21H22N6OS/c28-16-6-4-15(5-7-16)24-21-20-17(8-10-29-20)25-18(26-21)11-14-12-23-27(13-14)19-3-1-2-9-22-19/h1-3,8-10,12-13,15-16,28H,4-7,11H2,(H,24,25,26). The lowest BCUT2D eigenvalue weighted by Crippen LogP contribution is -2.28. The highest BCUT2D eigenvalue weighted by molar-refractivity contribution is 7.17. The second kappa shape index (κ2) is 7.88. The Morgan fingerprint density at radius 3 is 2.86 bits per heavy atom. The van der Waals surface area contributed by atoms with Gasteiger partial charge in [0, 0.05) is 24.9 Å². The maximum absolute atomic E-state index is 9.76. The van der Waals surface area contributed by atoms with Gasteiger partial charge in [0.2, 0.25) is 0 Å². The van der Waals surface area contributed by atoms with Crippen molar-refractivity contribution in [1.29, 1.82) is 0 Å².